The highest BCUT2D eigenvalue weighted by molar-refractivity contribution is 14.1. The minimum absolute atomic E-state index is 0.0303. The summed E-state index contributed by atoms with van der Waals surface area (Å²) in [7, 11) is 0. The first-order valence-electron chi connectivity index (χ1n) is 9.48. The number of halogens is 4. The normalized spacial score (nSPS) is 15.8. The maximum atomic E-state index is 14.6. The molecule has 8 heteroatoms. The molecular formula is C21H24F3IN2O2. The Bertz CT molecular complexity index is 891. The van der Waals surface area contributed by atoms with Crippen molar-refractivity contribution in [1.82, 2.24) is 0 Å². The maximum absolute atomic E-state index is 14.6. The molecule has 1 unspecified atom stereocenters. The third kappa shape index (κ3) is 5.35. The first-order chi connectivity index (χ1) is 13.7. The molecule has 1 atom stereocenters. The van der Waals surface area contributed by atoms with Crippen molar-refractivity contribution in [2.45, 2.75) is 38.7 Å². The van der Waals surface area contributed by atoms with Gasteiger partial charge in [0.1, 0.15) is 11.5 Å². The third-order valence-corrected chi connectivity index (χ3v) is 6.07. The minimum Gasteiger partial charge on any atom is -0.394 e. The molecule has 4 N–H and O–H groups in total. The van der Waals surface area contributed by atoms with Crippen LogP contribution in [0.3, 0.4) is 0 Å². The van der Waals surface area contributed by atoms with E-state index >= 15 is 0 Å². The second kappa shape index (κ2) is 9.09. The molecule has 0 saturated heterocycles. The predicted octanol–water partition coefficient (Wildman–Crippen LogP) is 5.09. The van der Waals surface area contributed by atoms with Gasteiger partial charge in [-0.1, -0.05) is 0 Å². The third-order valence-electron chi connectivity index (χ3n) is 5.40. The zero-order valence-corrected chi connectivity index (χ0v) is 18.2. The molecule has 1 fully saturated rings. The fourth-order valence-corrected chi connectivity index (χ4v) is 4.03. The maximum Gasteiger partial charge on any atom is 0.184 e. The van der Waals surface area contributed by atoms with E-state index in [1.165, 1.54) is 12.1 Å². The van der Waals surface area contributed by atoms with E-state index in [9.17, 15) is 18.3 Å². The SMILES string of the molecule is Cc1cc(F)c(F)c(Nc2ccc(I)cc2F)c1NCCC1(CC(O)CO)CC1. The van der Waals surface area contributed by atoms with Crippen LogP contribution in [-0.4, -0.2) is 29.5 Å². The van der Waals surface area contributed by atoms with Crippen LogP contribution in [0.25, 0.3) is 0 Å². The molecule has 29 heavy (non-hydrogen) atoms. The highest BCUT2D eigenvalue weighted by Crippen LogP contribution is 2.52. The van der Waals surface area contributed by atoms with Gasteiger partial charge in [0.15, 0.2) is 11.6 Å². The summed E-state index contributed by atoms with van der Waals surface area (Å²) in [6, 6.07) is 5.57. The van der Waals surface area contributed by atoms with Crippen molar-refractivity contribution >= 4 is 39.7 Å². The smallest absolute Gasteiger partial charge is 0.184 e. The number of benzene rings is 2. The molecule has 1 aliphatic carbocycles. The molecule has 0 aromatic heterocycles. The largest absolute Gasteiger partial charge is 0.394 e. The van der Waals surface area contributed by atoms with Crippen molar-refractivity contribution in [1.29, 1.82) is 0 Å². The quantitative estimate of drug-likeness (QED) is 0.348. The van der Waals surface area contributed by atoms with E-state index in [1.807, 2.05) is 22.6 Å². The topological polar surface area (TPSA) is 64.5 Å². The van der Waals surface area contributed by atoms with Crippen LogP contribution in [0.15, 0.2) is 24.3 Å². The molecule has 0 amide bonds. The van der Waals surface area contributed by atoms with E-state index in [2.05, 4.69) is 10.6 Å². The Kier molecular flexibility index (Phi) is 6.95. The van der Waals surface area contributed by atoms with Crippen molar-refractivity contribution in [2.24, 2.45) is 5.41 Å². The fourth-order valence-electron chi connectivity index (χ4n) is 3.57. The predicted molar refractivity (Wildman–Crippen MR) is 116 cm³/mol. The standard InChI is InChI=1S/C21H24F3IN2O2/c1-12-8-16(23)18(24)20(27-17-3-2-13(25)9-15(17)22)19(12)26-7-6-21(4-5-21)10-14(29)11-28/h2-3,8-9,14,26-29H,4-7,10-11H2,1H3. The van der Waals surface area contributed by atoms with Crippen LogP contribution in [0.1, 0.15) is 31.2 Å². The lowest BCUT2D eigenvalue weighted by Gasteiger charge is -2.21. The number of nitrogens with one attached hydrogen (secondary N) is 2. The number of aliphatic hydroxyl groups is 2. The molecule has 4 nitrogen and oxygen atoms in total. The van der Waals surface area contributed by atoms with Crippen molar-refractivity contribution in [2.75, 3.05) is 23.8 Å². The van der Waals surface area contributed by atoms with Crippen LogP contribution in [-0.2, 0) is 0 Å². The van der Waals surface area contributed by atoms with Crippen molar-refractivity contribution < 1.29 is 23.4 Å². The highest BCUT2D eigenvalue weighted by atomic mass is 127. The molecule has 1 aliphatic rings. The number of rotatable bonds is 9. The van der Waals surface area contributed by atoms with Gasteiger partial charge in [-0.2, -0.15) is 0 Å². The fraction of sp³-hybridized carbons (Fsp3) is 0.429. The van der Waals surface area contributed by atoms with Crippen LogP contribution in [0.2, 0.25) is 0 Å². The first-order valence-corrected chi connectivity index (χ1v) is 10.6. The molecule has 1 saturated carbocycles. The summed E-state index contributed by atoms with van der Waals surface area (Å²) in [5, 5.41) is 24.6. The van der Waals surface area contributed by atoms with Crippen LogP contribution in [0.5, 0.6) is 0 Å². The van der Waals surface area contributed by atoms with Gasteiger partial charge in [0.25, 0.3) is 0 Å². The van der Waals surface area contributed by atoms with E-state index in [1.54, 1.807) is 13.0 Å². The molecule has 3 rings (SSSR count). The van der Waals surface area contributed by atoms with Crippen LogP contribution >= 0.6 is 22.6 Å². The Labute approximate surface area is 181 Å². The zero-order valence-electron chi connectivity index (χ0n) is 16.0. The Morgan fingerprint density at radius 2 is 1.86 bits per heavy atom. The molecule has 0 heterocycles. The summed E-state index contributed by atoms with van der Waals surface area (Å²) in [6.45, 7) is 1.86. The Hall–Kier alpha value is -1.52. The van der Waals surface area contributed by atoms with Crippen LogP contribution < -0.4 is 10.6 Å². The van der Waals surface area contributed by atoms with Crippen LogP contribution in [0.4, 0.5) is 30.2 Å². The van der Waals surface area contributed by atoms with Gasteiger partial charge in [-0.05, 0) is 90.4 Å². The molecule has 2 aromatic rings. The van der Waals surface area contributed by atoms with E-state index in [0.29, 0.717) is 27.8 Å². The van der Waals surface area contributed by atoms with E-state index in [-0.39, 0.29) is 23.4 Å². The van der Waals surface area contributed by atoms with Crippen molar-refractivity contribution in [3.63, 3.8) is 0 Å². The van der Waals surface area contributed by atoms with Crippen molar-refractivity contribution in [3.8, 4) is 0 Å². The lowest BCUT2D eigenvalue weighted by atomic mass is 9.94. The number of hydrogen-bond donors (Lipinski definition) is 4. The molecule has 0 aliphatic heterocycles. The van der Waals surface area contributed by atoms with Crippen molar-refractivity contribution in [3.05, 3.63) is 50.9 Å². The number of hydrogen-bond acceptors (Lipinski definition) is 4. The van der Waals surface area contributed by atoms with Gasteiger partial charge in [-0.25, -0.2) is 13.2 Å². The van der Waals surface area contributed by atoms with Gasteiger partial charge in [-0.15, -0.1) is 0 Å². The Balaban J connectivity index is 1.78. The molecule has 0 bridgehead atoms. The molecule has 0 spiro atoms. The number of aliphatic hydroxyl groups excluding tert-OH is 2. The second-order valence-electron chi connectivity index (χ2n) is 7.71. The summed E-state index contributed by atoms with van der Waals surface area (Å²) < 4.78 is 43.5. The number of aryl methyl sites for hydroxylation is 1. The van der Waals surface area contributed by atoms with E-state index < -0.39 is 23.6 Å². The highest BCUT2D eigenvalue weighted by Gasteiger charge is 2.43. The lowest BCUT2D eigenvalue weighted by Crippen LogP contribution is -2.20. The van der Waals surface area contributed by atoms with Gasteiger partial charge in [0.2, 0.25) is 0 Å². The molecule has 158 valence electrons. The Morgan fingerprint density at radius 1 is 1.14 bits per heavy atom. The summed E-state index contributed by atoms with van der Waals surface area (Å²) in [5.74, 6) is -2.64. The monoisotopic (exact) mass is 520 g/mol. The Morgan fingerprint density at radius 3 is 2.48 bits per heavy atom. The molecular weight excluding hydrogens is 496 g/mol. The van der Waals surface area contributed by atoms with Gasteiger partial charge >= 0.3 is 0 Å². The van der Waals surface area contributed by atoms with E-state index in [0.717, 1.165) is 25.3 Å². The molecule has 0 radical (unpaired) electrons. The van der Waals surface area contributed by atoms with Gasteiger partial charge in [0.05, 0.1) is 24.1 Å². The van der Waals surface area contributed by atoms with Crippen LogP contribution in [0, 0.1) is 33.4 Å². The lowest BCUT2D eigenvalue weighted by molar-refractivity contribution is 0.0690. The van der Waals surface area contributed by atoms with Gasteiger partial charge in [0, 0.05) is 10.1 Å². The molecule has 2 aromatic carbocycles. The summed E-state index contributed by atoms with van der Waals surface area (Å²) >= 11 is 1.97. The minimum atomic E-state index is -1.08. The van der Waals surface area contributed by atoms with Gasteiger partial charge in [-0.3, -0.25) is 0 Å². The van der Waals surface area contributed by atoms with Gasteiger partial charge < -0.3 is 20.8 Å². The average molecular weight is 520 g/mol. The summed E-state index contributed by atoms with van der Waals surface area (Å²) in [5.41, 5.74) is 0.764. The zero-order chi connectivity index (χ0) is 21.2. The first kappa shape index (κ1) is 22.2. The average Bonchev–Trinajstić information content (AvgIpc) is 3.43. The summed E-state index contributed by atoms with van der Waals surface area (Å²) in [4.78, 5) is 0. The van der Waals surface area contributed by atoms with E-state index in [4.69, 9.17) is 5.11 Å². The summed E-state index contributed by atoms with van der Waals surface area (Å²) in [6.07, 6.45) is 2.41. The number of anilines is 3. The second-order valence-corrected chi connectivity index (χ2v) is 8.95.